The van der Waals surface area contributed by atoms with Crippen molar-refractivity contribution in [2.75, 3.05) is 36.8 Å². The summed E-state index contributed by atoms with van der Waals surface area (Å²) < 4.78 is 0. The van der Waals surface area contributed by atoms with Gasteiger partial charge in [0.1, 0.15) is 17.5 Å². The number of hydrogen-bond donors (Lipinski definition) is 2. The van der Waals surface area contributed by atoms with Gasteiger partial charge in [0.15, 0.2) is 0 Å². The third kappa shape index (κ3) is 3.88. The zero-order chi connectivity index (χ0) is 18.0. The zero-order valence-corrected chi connectivity index (χ0v) is 15.0. The van der Waals surface area contributed by atoms with E-state index >= 15 is 0 Å². The molecule has 25 heavy (non-hydrogen) atoms. The second kappa shape index (κ2) is 6.69. The average molecular weight is 340 g/mol. The monoisotopic (exact) mass is 340 g/mol. The topological polar surface area (TPSA) is 111 Å². The molecule has 0 radical (unpaired) electrons. The Hall–Kier alpha value is -2.66. The molecule has 1 aliphatic heterocycles. The molecule has 0 aliphatic carbocycles. The summed E-state index contributed by atoms with van der Waals surface area (Å²) >= 11 is 0. The Morgan fingerprint density at radius 3 is 2.56 bits per heavy atom. The molecule has 8 nitrogen and oxygen atoms in total. The molecular weight excluding hydrogens is 316 g/mol. The Bertz CT molecular complexity index is 775. The van der Waals surface area contributed by atoms with Gasteiger partial charge in [-0.3, -0.25) is 10.00 Å². The summed E-state index contributed by atoms with van der Waals surface area (Å²) in [6, 6.07) is 4.14. The third-order valence-electron chi connectivity index (χ3n) is 4.37. The SMILES string of the molecule is CC(C)(C)c1cc(CN2CCN(c3ncc(C#N)c(N)n3)CC2)[nH]n1. The molecule has 3 N–H and O–H groups in total. The van der Waals surface area contributed by atoms with E-state index in [2.05, 4.69) is 56.8 Å². The smallest absolute Gasteiger partial charge is 0.227 e. The largest absolute Gasteiger partial charge is 0.382 e. The van der Waals surface area contributed by atoms with Gasteiger partial charge in [-0.2, -0.15) is 15.3 Å². The molecule has 3 heterocycles. The number of aromatic nitrogens is 4. The Labute approximate surface area is 147 Å². The van der Waals surface area contributed by atoms with Gasteiger partial charge in [0.2, 0.25) is 5.95 Å². The number of nitrogens with two attached hydrogens (primary N) is 1. The number of nitrogens with zero attached hydrogens (tertiary/aromatic N) is 6. The van der Waals surface area contributed by atoms with Gasteiger partial charge in [-0.1, -0.05) is 20.8 Å². The Morgan fingerprint density at radius 1 is 1.28 bits per heavy atom. The van der Waals surface area contributed by atoms with Crippen LogP contribution < -0.4 is 10.6 Å². The minimum Gasteiger partial charge on any atom is -0.382 e. The van der Waals surface area contributed by atoms with Crippen LogP contribution in [0.1, 0.15) is 37.7 Å². The normalized spacial score (nSPS) is 16.0. The van der Waals surface area contributed by atoms with Crippen molar-refractivity contribution in [2.24, 2.45) is 0 Å². The maximum atomic E-state index is 8.91. The van der Waals surface area contributed by atoms with E-state index in [4.69, 9.17) is 11.0 Å². The first-order valence-electron chi connectivity index (χ1n) is 8.41. The standard InChI is InChI=1S/C17H24N8/c1-17(2,3)14-8-13(22-23-14)11-24-4-6-25(7-5-24)16-20-10-12(9-18)15(19)21-16/h8,10H,4-7,11H2,1-3H3,(H,22,23)(H2,19,20,21). The molecule has 0 bridgehead atoms. The minimum atomic E-state index is 0.0559. The lowest BCUT2D eigenvalue weighted by molar-refractivity contribution is 0.246. The summed E-state index contributed by atoms with van der Waals surface area (Å²) in [5, 5.41) is 16.5. The number of H-pyrrole nitrogens is 1. The summed E-state index contributed by atoms with van der Waals surface area (Å²) in [5.74, 6) is 0.829. The van der Waals surface area contributed by atoms with E-state index in [0.29, 0.717) is 11.5 Å². The lowest BCUT2D eigenvalue weighted by atomic mass is 9.92. The molecule has 1 saturated heterocycles. The summed E-state index contributed by atoms with van der Waals surface area (Å²) in [4.78, 5) is 13.0. The number of piperazine rings is 1. The van der Waals surface area contributed by atoms with Crippen molar-refractivity contribution in [3.05, 3.63) is 29.2 Å². The lowest BCUT2D eigenvalue weighted by Crippen LogP contribution is -2.46. The summed E-state index contributed by atoms with van der Waals surface area (Å²) in [7, 11) is 0. The van der Waals surface area contributed by atoms with Crippen molar-refractivity contribution in [2.45, 2.75) is 32.7 Å². The number of anilines is 2. The van der Waals surface area contributed by atoms with Crippen LogP contribution in [-0.2, 0) is 12.0 Å². The maximum Gasteiger partial charge on any atom is 0.227 e. The van der Waals surface area contributed by atoms with E-state index in [1.54, 1.807) is 0 Å². The molecule has 0 amide bonds. The van der Waals surface area contributed by atoms with Gasteiger partial charge < -0.3 is 10.6 Å². The first kappa shape index (κ1) is 17.2. The van der Waals surface area contributed by atoms with Gasteiger partial charge in [-0.05, 0) is 6.07 Å². The van der Waals surface area contributed by atoms with Gasteiger partial charge >= 0.3 is 0 Å². The summed E-state index contributed by atoms with van der Waals surface area (Å²) in [6.07, 6.45) is 1.49. The number of rotatable bonds is 3. The fourth-order valence-corrected chi connectivity index (χ4v) is 2.80. The van der Waals surface area contributed by atoms with Gasteiger partial charge in [0.25, 0.3) is 0 Å². The van der Waals surface area contributed by atoms with Gasteiger partial charge in [0.05, 0.1) is 11.9 Å². The van der Waals surface area contributed by atoms with E-state index in [1.807, 2.05) is 6.07 Å². The molecule has 0 saturated carbocycles. The predicted octanol–water partition coefficient (Wildman–Crippen LogP) is 1.27. The molecule has 0 spiro atoms. The highest BCUT2D eigenvalue weighted by Gasteiger charge is 2.22. The van der Waals surface area contributed by atoms with Crippen LogP contribution in [0.5, 0.6) is 0 Å². The van der Waals surface area contributed by atoms with E-state index in [-0.39, 0.29) is 11.2 Å². The molecule has 1 aliphatic rings. The molecule has 0 aromatic carbocycles. The van der Waals surface area contributed by atoms with Crippen molar-refractivity contribution in [1.82, 2.24) is 25.1 Å². The average Bonchev–Trinajstić information content (AvgIpc) is 3.04. The van der Waals surface area contributed by atoms with Crippen LogP contribution in [0, 0.1) is 11.3 Å². The van der Waals surface area contributed by atoms with Gasteiger partial charge in [-0.25, -0.2) is 4.98 Å². The van der Waals surface area contributed by atoms with Crippen molar-refractivity contribution < 1.29 is 0 Å². The first-order chi connectivity index (χ1) is 11.9. The molecule has 132 valence electrons. The van der Waals surface area contributed by atoms with Crippen molar-refractivity contribution in [1.29, 1.82) is 5.26 Å². The maximum absolute atomic E-state index is 8.91. The second-order valence-electron chi connectivity index (χ2n) is 7.37. The van der Waals surface area contributed by atoms with Crippen LogP contribution in [-0.4, -0.2) is 51.2 Å². The molecule has 3 rings (SSSR count). The zero-order valence-electron chi connectivity index (χ0n) is 15.0. The van der Waals surface area contributed by atoms with E-state index in [1.165, 1.54) is 6.20 Å². The molecule has 0 atom stereocenters. The fourth-order valence-electron chi connectivity index (χ4n) is 2.80. The van der Waals surface area contributed by atoms with Crippen LogP contribution in [0.3, 0.4) is 0 Å². The Kier molecular flexibility index (Phi) is 4.59. The first-order valence-corrected chi connectivity index (χ1v) is 8.41. The number of nitrogens with one attached hydrogen (secondary N) is 1. The fraction of sp³-hybridized carbons (Fsp3) is 0.529. The highest BCUT2D eigenvalue weighted by atomic mass is 15.3. The molecular formula is C17H24N8. The number of nitriles is 1. The number of aromatic amines is 1. The van der Waals surface area contributed by atoms with Crippen LogP contribution >= 0.6 is 0 Å². The Balaban J connectivity index is 1.58. The number of nitrogen functional groups attached to an aromatic ring is 1. The summed E-state index contributed by atoms with van der Waals surface area (Å²) in [6.45, 7) is 10.8. The van der Waals surface area contributed by atoms with Crippen molar-refractivity contribution in [3.63, 3.8) is 0 Å². The highest BCUT2D eigenvalue weighted by molar-refractivity contribution is 5.50. The van der Waals surface area contributed by atoms with E-state index < -0.39 is 0 Å². The predicted molar refractivity (Wildman–Crippen MR) is 95.9 cm³/mol. The van der Waals surface area contributed by atoms with Crippen LogP contribution in [0.15, 0.2) is 12.3 Å². The Morgan fingerprint density at radius 2 is 2.00 bits per heavy atom. The lowest BCUT2D eigenvalue weighted by Gasteiger charge is -2.34. The van der Waals surface area contributed by atoms with Crippen molar-refractivity contribution in [3.8, 4) is 6.07 Å². The minimum absolute atomic E-state index is 0.0559. The quantitative estimate of drug-likeness (QED) is 0.865. The van der Waals surface area contributed by atoms with Gasteiger partial charge in [-0.15, -0.1) is 0 Å². The van der Waals surface area contributed by atoms with Crippen LogP contribution in [0.2, 0.25) is 0 Å². The second-order valence-corrected chi connectivity index (χ2v) is 7.37. The van der Waals surface area contributed by atoms with E-state index in [0.717, 1.165) is 44.1 Å². The van der Waals surface area contributed by atoms with Gasteiger partial charge in [0, 0.05) is 43.8 Å². The van der Waals surface area contributed by atoms with Crippen LogP contribution in [0.4, 0.5) is 11.8 Å². The van der Waals surface area contributed by atoms with Crippen LogP contribution in [0.25, 0.3) is 0 Å². The molecule has 1 fully saturated rings. The molecule has 0 unspecified atom stereocenters. The molecule has 8 heteroatoms. The van der Waals surface area contributed by atoms with E-state index in [9.17, 15) is 0 Å². The third-order valence-corrected chi connectivity index (χ3v) is 4.37. The highest BCUT2D eigenvalue weighted by Crippen LogP contribution is 2.21. The summed E-state index contributed by atoms with van der Waals surface area (Å²) in [5.41, 5.74) is 8.38. The molecule has 2 aromatic rings. The van der Waals surface area contributed by atoms with Crippen molar-refractivity contribution >= 4 is 11.8 Å². The number of hydrogen-bond acceptors (Lipinski definition) is 7. The molecule has 2 aromatic heterocycles.